The van der Waals surface area contributed by atoms with Crippen LogP contribution in [0.4, 0.5) is 5.13 Å². The molecule has 1 heterocycles. The fourth-order valence-corrected chi connectivity index (χ4v) is 2.60. The van der Waals surface area contributed by atoms with Crippen LogP contribution in [0.25, 0.3) is 0 Å². The van der Waals surface area contributed by atoms with Gasteiger partial charge in [-0.2, -0.15) is 0 Å². The van der Waals surface area contributed by atoms with Gasteiger partial charge in [-0.3, -0.25) is 0 Å². The Kier molecular flexibility index (Phi) is 4.22. The molecule has 0 aliphatic heterocycles. The van der Waals surface area contributed by atoms with Gasteiger partial charge in [0, 0.05) is 18.3 Å². The molecule has 1 atom stereocenters. The van der Waals surface area contributed by atoms with Crippen LogP contribution in [-0.2, 0) is 6.61 Å². The van der Waals surface area contributed by atoms with Gasteiger partial charge in [-0.15, -0.1) is 0 Å². The third kappa shape index (κ3) is 2.83. The number of benzene rings is 1. The summed E-state index contributed by atoms with van der Waals surface area (Å²) in [6.07, 6.45) is 1.71. The molecule has 2 rings (SSSR count). The first-order chi connectivity index (χ1) is 8.61. The minimum absolute atomic E-state index is 0.0425. The van der Waals surface area contributed by atoms with Gasteiger partial charge in [0.25, 0.3) is 0 Å². The fraction of sp³-hybridized carbons (Fsp3) is 0.308. The van der Waals surface area contributed by atoms with Crippen molar-refractivity contribution in [3.63, 3.8) is 0 Å². The topological polar surface area (TPSA) is 36.4 Å². The zero-order valence-corrected chi connectivity index (χ0v) is 11.9. The van der Waals surface area contributed by atoms with Crippen molar-refractivity contribution < 1.29 is 5.11 Å². The number of nitrogens with zero attached hydrogens (tertiary/aromatic N) is 2. The largest absolute Gasteiger partial charge is 0.391 e. The third-order valence-electron chi connectivity index (χ3n) is 2.93. The first-order valence-electron chi connectivity index (χ1n) is 5.65. The molecule has 2 aromatic rings. The van der Waals surface area contributed by atoms with Crippen LogP contribution in [0.2, 0.25) is 5.02 Å². The molecule has 0 aliphatic rings. The van der Waals surface area contributed by atoms with E-state index in [1.54, 1.807) is 6.20 Å². The molecule has 0 fully saturated rings. The van der Waals surface area contributed by atoms with Gasteiger partial charge in [0.15, 0.2) is 5.13 Å². The Morgan fingerprint density at radius 1 is 1.39 bits per heavy atom. The fourth-order valence-electron chi connectivity index (χ4n) is 1.66. The van der Waals surface area contributed by atoms with E-state index >= 15 is 0 Å². The molecule has 1 aromatic carbocycles. The number of rotatable bonds is 4. The van der Waals surface area contributed by atoms with Crippen molar-refractivity contribution in [1.29, 1.82) is 0 Å². The predicted octanol–water partition coefficient (Wildman–Crippen LogP) is 3.49. The van der Waals surface area contributed by atoms with E-state index < -0.39 is 0 Å². The number of hydrogen-bond donors (Lipinski definition) is 1. The Bertz CT molecular complexity index is 512. The van der Waals surface area contributed by atoms with Gasteiger partial charge < -0.3 is 10.0 Å². The summed E-state index contributed by atoms with van der Waals surface area (Å²) in [7, 11) is 2.00. The van der Waals surface area contributed by atoms with Crippen molar-refractivity contribution in [1.82, 2.24) is 4.98 Å². The maximum absolute atomic E-state index is 9.06. The molecular formula is C13H15ClN2OS. The van der Waals surface area contributed by atoms with Gasteiger partial charge in [-0.25, -0.2) is 4.98 Å². The van der Waals surface area contributed by atoms with Crippen molar-refractivity contribution in [3.05, 3.63) is 45.9 Å². The van der Waals surface area contributed by atoms with Gasteiger partial charge in [-0.05, 0) is 24.6 Å². The molecule has 0 bridgehead atoms. The molecule has 18 heavy (non-hydrogen) atoms. The third-order valence-corrected chi connectivity index (χ3v) is 4.26. The quantitative estimate of drug-likeness (QED) is 0.933. The zero-order chi connectivity index (χ0) is 13.1. The van der Waals surface area contributed by atoms with Gasteiger partial charge in [0.2, 0.25) is 0 Å². The maximum Gasteiger partial charge on any atom is 0.185 e. The summed E-state index contributed by atoms with van der Waals surface area (Å²) in [6, 6.07) is 8.03. The molecule has 5 heteroatoms. The van der Waals surface area contributed by atoms with Crippen LogP contribution in [0.15, 0.2) is 30.5 Å². The maximum atomic E-state index is 9.06. The van der Waals surface area contributed by atoms with Crippen molar-refractivity contribution in [2.24, 2.45) is 0 Å². The van der Waals surface area contributed by atoms with E-state index in [0.717, 1.165) is 15.0 Å². The summed E-state index contributed by atoms with van der Waals surface area (Å²) < 4.78 is 0. The average molecular weight is 283 g/mol. The average Bonchev–Trinajstić information content (AvgIpc) is 2.86. The molecule has 1 unspecified atom stereocenters. The summed E-state index contributed by atoms with van der Waals surface area (Å²) in [5, 5.41) is 10.7. The van der Waals surface area contributed by atoms with Crippen molar-refractivity contribution >= 4 is 28.1 Å². The van der Waals surface area contributed by atoms with E-state index in [0.29, 0.717) is 0 Å². The van der Waals surface area contributed by atoms with Crippen LogP contribution in [-0.4, -0.2) is 17.1 Å². The SMILES string of the molecule is CC(c1ccc(Cl)cc1)N(C)c1ncc(CO)s1. The Morgan fingerprint density at radius 2 is 2.06 bits per heavy atom. The molecule has 0 radical (unpaired) electrons. The lowest BCUT2D eigenvalue weighted by atomic mass is 10.1. The van der Waals surface area contributed by atoms with Crippen molar-refractivity contribution in [3.8, 4) is 0 Å². The predicted molar refractivity (Wildman–Crippen MR) is 76.3 cm³/mol. The minimum Gasteiger partial charge on any atom is -0.391 e. The van der Waals surface area contributed by atoms with Crippen LogP contribution in [0.3, 0.4) is 0 Å². The second-order valence-corrected chi connectivity index (χ2v) is 5.64. The highest BCUT2D eigenvalue weighted by Gasteiger charge is 2.15. The summed E-state index contributed by atoms with van der Waals surface area (Å²) in [5.74, 6) is 0. The first-order valence-corrected chi connectivity index (χ1v) is 6.85. The normalized spacial score (nSPS) is 12.4. The van der Waals surface area contributed by atoms with Crippen molar-refractivity contribution in [2.45, 2.75) is 19.6 Å². The summed E-state index contributed by atoms with van der Waals surface area (Å²) >= 11 is 7.39. The second-order valence-electron chi connectivity index (χ2n) is 4.11. The minimum atomic E-state index is 0.0425. The van der Waals surface area contributed by atoms with Crippen LogP contribution >= 0.6 is 22.9 Å². The molecule has 0 aliphatic carbocycles. The summed E-state index contributed by atoms with van der Waals surface area (Å²) in [4.78, 5) is 7.27. The molecule has 1 N–H and O–H groups in total. The van der Waals surface area contributed by atoms with E-state index in [1.165, 1.54) is 16.9 Å². The van der Waals surface area contributed by atoms with Crippen LogP contribution in [0.5, 0.6) is 0 Å². The molecule has 0 amide bonds. The Labute approximate surface area is 116 Å². The number of aromatic nitrogens is 1. The van der Waals surface area contributed by atoms with Gasteiger partial charge in [0.05, 0.1) is 17.5 Å². The van der Waals surface area contributed by atoms with Crippen LogP contribution < -0.4 is 4.90 Å². The monoisotopic (exact) mass is 282 g/mol. The highest BCUT2D eigenvalue weighted by Crippen LogP contribution is 2.29. The summed E-state index contributed by atoms with van der Waals surface area (Å²) in [6.45, 7) is 2.16. The Morgan fingerprint density at radius 3 is 2.61 bits per heavy atom. The number of thiazole rings is 1. The zero-order valence-electron chi connectivity index (χ0n) is 10.3. The second kappa shape index (κ2) is 5.69. The number of hydrogen-bond acceptors (Lipinski definition) is 4. The van der Waals surface area contributed by atoms with Gasteiger partial charge >= 0.3 is 0 Å². The number of anilines is 1. The Hall–Kier alpha value is -1.10. The van der Waals surface area contributed by atoms with E-state index in [9.17, 15) is 0 Å². The number of halogens is 1. The molecule has 3 nitrogen and oxygen atoms in total. The van der Waals surface area contributed by atoms with E-state index in [4.69, 9.17) is 16.7 Å². The number of aliphatic hydroxyl groups excluding tert-OH is 1. The lowest BCUT2D eigenvalue weighted by Crippen LogP contribution is -2.21. The van der Waals surface area contributed by atoms with Crippen LogP contribution in [0, 0.1) is 0 Å². The lowest BCUT2D eigenvalue weighted by molar-refractivity contribution is 0.285. The molecule has 1 aromatic heterocycles. The van der Waals surface area contributed by atoms with Crippen molar-refractivity contribution in [2.75, 3.05) is 11.9 Å². The molecule has 96 valence electrons. The van der Waals surface area contributed by atoms with E-state index in [-0.39, 0.29) is 12.6 Å². The highest BCUT2D eigenvalue weighted by atomic mass is 35.5. The van der Waals surface area contributed by atoms with Gasteiger partial charge in [-0.1, -0.05) is 35.1 Å². The molecule has 0 saturated carbocycles. The molecule has 0 spiro atoms. The standard InChI is InChI=1S/C13H15ClN2OS/c1-9(10-3-5-11(14)6-4-10)16(2)13-15-7-12(8-17)18-13/h3-7,9,17H,8H2,1-2H3. The molecular weight excluding hydrogens is 268 g/mol. The van der Waals surface area contributed by atoms with Crippen LogP contribution in [0.1, 0.15) is 23.4 Å². The smallest absolute Gasteiger partial charge is 0.185 e. The van der Waals surface area contributed by atoms with E-state index in [2.05, 4.69) is 16.8 Å². The summed E-state index contributed by atoms with van der Waals surface area (Å²) in [5.41, 5.74) is 1.18. The van der Waals surface area contributed by atoms with Gasteiger partial charge in [0.1, 0.15) is 0 Å². The first kappa shape index (κ1) is 13.3. The van der Waals surface area contributed by atoms with E-state index in [1.807, 2.05) is 31.3 Å². The number of aliphatic hydroxyl groups is 1. The molecule has 0 saturated heterocycles. The lowest BCUT2D eigenvalue weighted by Gasteiger charge is -2.24. The Balaban J connectivity index is 2.17. The highest BCUT2D eigenvalue weighted by molar-refractivity contribution is 7.15.